The number of aryl methyl sites for hydroxylation is 1. The molecule has 1 aromatic rings. The zero-order valence-electron chi connectivity index (χ0n) is 9.25. The van der Waals surface area contributed by atoms with Gasteiger partial charge >= 0.3 is 0 Å². The molecule has 0 atom stereocenters. The van der Waals surface area contributed by atoms with Crippen molar-refractivity contribution >= 4 is 17.6 Å². The van der Waals surface area contributed by atoms with Gasteiger partial charge in [0.1, 0.15) is 0 Å². The number of benzene rings is 1. The third-order valence-corrected chi connectivity index (χ3v) is 2.60. The Labute approximate surface area is 90.4 Å². The van der Waals surface area contributed by atoms with Crippen LogP contribution in [0.25, 0.3) is 0 Å². The van der Waals surface area contributed by atoms with Gasteiger partial charge in [0.25, 0.3) is 0 Å². The van der Waals surface area contributed by atoms with Crippen LogP contribution in [-0.4, -0.2) is 19.3 Å². The van der Waals surface area contributed by atoms with Crippen molar-refractivity contribution in [3.63, 3.8) is 0 Å². The van der Waals surface area contributed by atoms with Gasteiger partial charge in [0.2, 0.25) is 0 Å². The maximum Gasteiger partial charge on any atom is 0.0638 e. The third kappa shape index (κ3) is 2.29. The summed E-state index contributed by atoms with van der Waals surface area (Å²) in [4.78, 5) is 4.45. The summed E-state index contributed by atoms with van der Waals surface area (Å²) in [5.41, 5.74) is 10.00. The largest absolute Gasteiger partial charge is 0.397 e. The lowest BCUT2D eigenvalue weighted by molar-refractivity contribution is 1.08. The number of nitrogens with one attached hydrogen (secondary N) is 1. The molecule has 3 heteroatoms. The predicted molar refractivity (Wildman–Crippen MR) is 65.8 cm³/mol. The minimum absolute atomic E-state index is 0.544. The summed E-state index contributed by atoms with van der Waals surface area (Å²) in [6, 6.07) is 4.66. The number of nitrogen functional groups attached to an aromatic ring is 1. The molecule has 0 aromatic heterocycles. The minimum Gasteiger partial charge on any atom is -0.397 e. The van der Waals surface area contributed by atoms with Gasteiger partial charge in [0.15, 0.2) is 0 Å². The fourth-order valence-electron chi connectivity index (χ4n) is 1.55. The molecule has 1 aliphatic carbocycles. The van der Waals surface area contributed by atoms with Crippen molar-refractivity contribution < 1.29 is 0 Å². The van der Waals surface area contributed by atoms with Gasteiger partial charge in [-0.15, -0.1) is 0 Å². The molecule has 0 heterocycles. The molecule has 1 aliphatic rings. The first-order chi connectivity index (χ1) is 7.20. The molecule has 0 saturated heterocycles. The highest BCUT2D eigenvalue weighted by Gasteiger charge is 2.19. The second-order valence-electron chi connectivity index (χ2n) is 4.07. The van der Waals surface area contributed by atoms with Gasteiger partial charge in [-0.25, -0.2) is 0 Å². The Kier molecular flexibility index (Phi) is 2.62. The van der Waals surface area contributed by atoms with Crippen LogP contribution in [0.15, 0.2) is 17.1 Å². The Morgan fingerprint density at radius 3 is 2.80 bits per heavy atom. The van der Waals surface area contributed by atoms with Gasteiger partial charge in [-0.05, 0) is 37.5 Å². The van der Waals surface area contributed by atoms with Crippen LogP contribution in [0, 0.1) is 6.92 Å². The van der Waals surface area contributed by atoms with E-state index in [-0.39, 0.29) is 0 Å². The fourth-order valence-corrected chi connectivity index (χ4v) is 1.55. The summed E-state index contributed by atoms with van der Waals surface area (Å²) < 4.78 is 0. The molecular weight excluding hydrogens is 186 g/mol. The van der Waals surface area contributed by atoms with Crippen LogP contribution in [0.3, 0.4) is 0 Å². The Morgan fingerprint density at radius 1 is 1.47 bits per heavy atom. The summed E-state index contributed by atoms with van der Waals surface area (Å²) in [6.45, 7) is 2.06. The first-order valence-corrected chi connectivity index (χ1v) is 5.31. The molecule has 0 spiro atoms. The van der Waals surface area contributed by atoms with Crippen molar-refractivity contribution in [2.24, 2.45) is 4.99 Å². The Balaban J connectivity index is 2.31. The second kappa shape index (κ2) is 3.93. The summed E-state index contributed by atoms with van der Waals surface area (Å²) in [5.74, 6) is 0. The quantitative estimate of drug-likeness (QED) is 0.584. The van der Waals surface area contributed by atoms with Gasteiger partial charge < -0.3 is 11.1 Å². The van der Waals surface area contributed by atoms with E-state index in [9.17, 15) is 0 Å². The minimum atomic E-state index is 0.544. The summed E-state index contributed by atoms with van der Waals surface area (Å²) in [6.07, 6.45) is 4.35. The van der Waals surface area contributed by atoms with Crippen molar-refractivity contribution in [3.8, 4) is 0 Å². The van der Waals surface area contributed by atoms with Crippen LogP contribution < -0.4 is 11.1 Å². The van der Waals surface area contributed by atoms with Crippen molar-refractivity contribution in [1.29, 1.82) is 0 Å². The molecule has 0 unspecified atom stereocenters. The van der Waals surface area contributed by atoms with E-state index in [0.29, 0.717) is 6.04 Å². The zero-order chi connectivity index (χ0) is 10.8. The number of nitrogens with two attached hydrogens (primary N) is 1. The van der Waals surface area contributed by atoms with E-state index in [1.54, 1.807) is 0 Å². The van der Waals surface area contributed by atoms with Gasteiger partial charge in [0.05, 0.1) is 17.4 Å². The average molecular weight is 203 g/mol. The van der Waals surface area contributed by atoms with Gasteiger partial charge in [0, 0.05) is 18.8 Å². The average Bonchev–Trinajstić information content (AvgIpc) is 3.02. The first kappa shape index (κ1) is 10.0. The molecule has 3 nitrogen and oxygen atoms in total. The molecule has 15 heavy (non-hydrogen) atoms. The number of hydrogen-bond donors (Lipinski definition) is 2. The van der Waals surface area contributed by atoms with Gasteiger partial charge in [-0.3, -0.25) is 4.99 Å². The molecule has 0 bridgehead atoms. The van der Waals surface area contributed by atoms with Gasteiger partial charge in [-0.1, -0.05) is 0 Å². The van der Waals surface area contributed by atoms with Crippen LogP contribution in [-0.2, 0) is 0 Å². The second-order valence-corrected chi connectivity index (χ2v) is 4.07. The Bertz CT molecular complexity index is 392. The standard InChI is InChI=1S/C12H17N3/c1-8-5-9(7-15-10-3-4-10)12(13)11(6-8)14-2/h5-7,10,14H,3-4,13H2,1-2H3. The highest BCUT2D eigenvalue weighted by atomic mass is 14.9. The number of hydrogen-bond acceptors (Lipinski definition) is 3. The predicted octanol–water partition coefficient (Wildman–Crippen LogP) is 2.20. The number of aliphatic imine (C=N–C) groups is 1. The van der Waals surface area contributed by atoms with E-state index in [0.717, 1.165) is 16.9 Å². The maximum atomic E-state index is 6.02. The molecular formula is C12H17N3. The topological polar surface area (TPSA) is 50.4 Å². The Morgan fingerprint density at radius 2 is 2.20 bits per heavy atom. The van der Waals surface area contributed by atoms with E-state index in [1.807, 2.05) is 19.3 Å². The monoisotopic (exact) mass is 203 g/mol. The summed E-state index contributed by atoms with van der Waals surface area (Å²) in [5, 5.41) is 3.09. The van der Waals surface area contributed by atoms with Crippen LogP contribution >= 0.6 is 0 Å². The molecule has 80 valence electrons. The van der Waals surface area contributed by atoms with Crippen molar-refractivity contribution in [3.05, 3.63) is 23.3 Å². The van der Waals surface area contributed by atoms with Crippen LogP contribution in [0.2, 0.25) is 0 Å². The Hall–Kier alpha value is -1.51. The third-order valence-electron chi connectivity index (χ3n) is 2.60. The van der Waals surface area contributed by atoms with E-state index in [4.69, 9.17) is 5.73 Å². The lowest BCUT2D eigenvalue weighted by atomic mass is 10.1. The van der Waals surface area contributed by atoms with Crippen molar-refractivity contribution in [2.75, 3.05) is 18.1 Å². The highest BCUT2D eigenvalue weighted by molar-refractivity contribution is 5.92. The van der Waals surface area contributed by atoms with Crippen LogP contribution in [0.1, 0.15) is 24.0 Å². The molecule has 3 N–H and O–H groups in total. The first-order valence-electron chi connectivity index (χ1n) is 5.31. The SMILES string of the molecule is CNc1cc(C)cc(C=NC2CC2)c1N. The number of rotatable bonds is 3. The molecule has 1 fully saturated rings. The van der Waals surface area contributed by atoms with Gasteiger partial charge in [-0.2, -0.15) is 0 Å². The fraction of sp³-hybridized carbons (Fsp3) is 0.417. The van der Waals surface area contributed by atoms with E-state index >= 15 is 0 Å². The molecule has 0 radical (unpaired) electrons. The number of anilines is 2. The molecule has 1 saturated carbocycles. The lowest BCUT2D eigenvalue weighted by Crippen LogP contribution is -2.01. The summed E-state index contributed by atoms with van der Waals surface area (Å²) in [7, 11) is 1.88. The van der Waals surface area contributed by atoms with Crippen LogP contribution in [0.4, 0.5) is 11.4 Å². The smallest absolute Gasteiger partial charge is 0.0638 e. The summed E-state index contributed by atoms with van der Waals surface area (Å²) >= 11 is 0. The molecule has 0 amide bonds. The highest BCUT2D eigenvalue weighted by Crippen LogP contribution is 2.26. The molecule has 0 aliphatic heterocycles. The van der Waals surface area contributed by atoms with E-state index in [2.05, 4.69) is 23.3 Å². The molecule has 1 aromatic carbocycles. The van der Waals surface area contributed by atoms with Crippen molar-refractivity contribution in [2.45, 2.75) is 25.8 Å². The number of nitrogens with zero attached hydrogens (tertiary/aromatic N) is 1. The van der Waals surface area contributed by atoms with Crippen LogP contribution in [0.5, 0.6) is 0 Å². The lowest BCUT2D eigenvalue weighted by Gasteiger charge is -2.09. The normalized spacial score (nSPS) is 15.9. The van der Waals surface area contributed by atoms with E-state index in [1.165, 1.54) is 18.4 Å². The maximum absolute atomic E-state index is 6.02. The molecule has 2 rings (SSSR count). The zero-order valence-corrected chi connectivity index (χ0v) is 9.25. The van der Waals surface area contributed by atoms with Crippen molar-refractivity contribution in [1.82, 2.24) is 0 Å². The van der Waals surface area contributed by atoms with E-state index < -0.39 is 0 Å².